The van der Waals surface area contributed by atoms with Crippen LogP contribution in [0.4, 0.5) is 11.4 Å². The molecule has 242 valence electrons. The van der Waals surface area contributed by atoms with Gasteiger partial charge in [-0.15, -0.1) is 0 Å². The van der Waals surface area contributed by atoms with Crippen molar-refractivity contribution in [3.63, 3.8) is 0 Å². The molecule has 6 N–H and O–H groups in total. The van der Waals surface area contributed by atoms with E-state index in [9.17, 15) is 29.4 Å². The Labute approximate surface area is 281 Å². The highest BCUT2D eigenvalue weighted by Gasteiger charge is 2.18. The van der Waals surface area contributed by atoms with Crippen molar-refractivity contribution in [1.29, 1.82) is 0 Å². The number of rotatable bonds is 11. The Morgan fingerprint density at radius 3 is 1.44 bits per heavy atom. The number of imidazole rings is 2. The summed E-state index contributed by atoms with van der Waals surface area (Å²) >= 11 is 2.38. The van der Waals surface area contributed by atoms with Gasteiger partial charge in [0.15, 0.2) is 10.3 Å². The van der Waals surface area contributed by atoms with Crippen LogP contribution in [0, 0.1) is 13.8 Å². The van der Waals surface area contributed by atoms with Gasteiger partial charge in [-0.2, -0.15) is 0 Å². The number of hydrogen-bond acceptors (Lipinski definition) is 8. The molecule has 0 saturated carbocycles. The molecule has 6 aromatic rings. The van der Waals surface area contributed by atoms with Gasteiger partial charge in [0, 0.05) is 0 Å². The van der Waals surface area contributed by atoms with E-state index in [2.05, 4.69) is 30.6 Å². The zero-order valence-corrected chi connectivity index (χ0v) is 27.2. The van der Waals surface area contributed by atoms with Gasteiger partial charge in [0.1, 0.15) is 0 Å². The van der Waals surface area contributed by atoms with Crippen molar-refractivity contribution in [3.8, 4) is 11.1 Å². The SMILES string of the molecule is Cc1ccc2nc(SCC(=O)Nc3ccc(-c4ccc(NC(=O)CSc5nc6ccc(C)cc6[nH]5)c(C(=O)O)c4)cc3C(=O)O)[nH]c2c1. The highest BCUT2D eigenvalue weighted by Crippen LogP contribution is 2.30. The second-order valence-corrected chi connectivity index (χ2v) is 12.9. The van der Waals surface area contributed by atoms with Gasteiger partial charge in [-0.25, -0.2) is 19.6 Å². The van der Waals surface area contributed by atoms with E-state index < -0.39 is 23.8 Å². The Morgan fingerprint density at radius 1 is 0.625 bits per heavy atom. The predicted molar refractivity (Wildman–Crippen MR) is 186 cm³/mol. The van der Waals surface area contributed by atoms with Gasteiger partial charge in [-0.1, -0.05) is 47.8 Å². The van der Waals surface area contributed by atoms with E-state index in [4.69, 9.17) is 0 Å². The number of anilines is 2. The summed E-state index contributed by atoms with van der Waals surface area (Å²) in [6.07, 6.45) is 0. The molecule has 0 aliphatic rings. The van der Waals surface area contributed by atoms with Gasteiger partial charge in [0.25, 0.3) is 0 Å². The van der Waals surface area contributed by atoms with Gasteiger partial charge >= 0.3 is 11.9 Å². The molecular weight excluding hydrogens is 653 g/mol. The van der Waals surface area contributed by atoms with Crippen LogP contribution >= 0.6 is 23.5 Å². The van der Waals surface area contributed by atoms with E-state index in [1.807, 2.05) is 50.2 Å². The minimum absolute atomic E-state index is 0.00868. The standard InChI is InChI=1S/C34H28N6O6S2/c1-17-3-7-25-27(11-17)39-33(37-25)47-15-29(41)35-23-9-5-19(13-21(23)31(43)44)20-6-10-24(22(14-20)32(45)46)36-30(42)16-48-34-38-26-8-4-18(2)12-28(26)40-34/h3-14H,15-16H2,1-2H3,(H,35,41)(H,36,42)(H,37,39)(H,38,40)(H,43,44)(H,45,46). The first-order valence-corrected chi connectivity index (χ1v) is 16.5. The number of aryl methyl sites for hydroxylation is 2. The molecule has 2 heterocycles. The Bertz CT molecular complexity index is 2090. The number of carbonyl (C=O) groups excluding carboxylic acids is 2. The van der Waals surface area contributed by atoms with Crippen molar-refractivity contribution in [2.24, 2.45) is 0 Å². The maximum absolute atomic E-state index is 12.7. The summed E-state index contributed by atoms with van der Waals surface area (Å²) in [6.45, 7) is 3.94. The summed E-state index contributed by atoms with van der Waals surface area (Å²) in [6, 6.07) is 20.4. The maximum Gasteiger partial charge on any atom is 0.337 e. The average Bonchev–Trinajstić information content (AvgIpc) is 3.65. The topological polar surface area (TPSA) is 190 Å². The molecule has 2 aromatic heterocycles. The number of carboxylic acid groups (broad SMARTS) is 2. The van der Waals surface area contributed by atoms with Gasteiger partial charge < -0.3 is 30.8 Å². The van der Waals surface area contributed by atoms with Crippen molar-refractivity contribution < 1.29 is 29.4 Å². The number of carboxylic acids is 2. The minimum Gasteiger partial charge on any atom is -0.478 e. The lowest BCUT2D eigenvalue weighted by Gasteiger charge is -2.13. The summed E-state index contributed by atoms with van der Waals surface area (Å²) in [5, 5.41) is 26.2. The number of H-pyrrole nitrogens is 2. The van der Waals surface area contributed by atoms with Crippen molar-refractivity contribution in [3.05, 3.63) is 95.1 Å². The van der Waals surface area contributed by atoms with Crippen molar-refractivity contribution in [2.75, 3.05) is 22.1 Å². The molecule has 2 amide bonds. The van der Waals surface area contributed by atoms with Crippen molar-refractivity contribution >= 4 is 80.7 Å². The molecule has 0 saturated heterocycles. The molecule has 14 heteroatoms. The number of aromatic carboxylic acids is 2. The normalized spacial score (nSPS) is 11.1. The molecule has 0 unspecified atom stereocenters. The highest BCUT2D eigenvalue weighted by molar-refractivity contribution is 8.00. The molecule has 6 rings (SSSR count). The lowest BCUT2D eigenvalue weighted by molar-refractivity contribution is -0.114. The number of carbonyl (C=O) groups is 4. The van der Waals surface area contributed by atoms with Crippen LogP contribution in [0.25, 0.3) is 33.2 Å². The van der Waals surface area contributed by atoms with E-state index in [0.717, 1.165) is 33.2 Å². The van der Waals surface area contributed by atoms with E-state index in [-0.39, 0.29) is 34.0 Å². The number of amides is 2. The summed E-state index contributed by atoms with van der Waals surface area (Å²) in [4.78, 5) is 65.0. The Kier molecular flexibility index (Phi) is 9.19. The number of aromatic amines is 2. The summed E-state index contributed by atoms with van der Waals surface area (Å²) in [7, 11) is 0. The van der Waals surface area contributed by atoms with Gasteiger partial charge in [0.2, 0.25) is 11.8 Å². The number of hydrogen-bond donors (Lipinski definition) is 6. The molecule has 0 atom stereocenters. The molecule has 0 aliphatic heterocycles. The van der Waals surface area contributed by atoms with Crippen LogP contribution < -0.4 is 10.6 Å². The predicted octanol–water partition coefficient (Wildman–Crippen LogP) is 6.58. The number of benzene rings is 4. The van der Waals surface area contributed by atoms with Crippen LogP contribution in [0.2, 0.25) is 0 Å². The van der Waals surface area contributed by atoms with Crippen molar-refractivity contribution in [1.82, 2.24) is 19.9 Å². The summed E-state index contributed by atoms with van der Waals surface area (Å²) < 4.78 is 0. The molecular formula is C34H28N6O6S2. The quantitative estimate of drug-likeness (QED) is 0.0815. The zero-order valence-electron chi connectivity index (χ0n) is 25.6. The number of nitrogens with one attached hydrogen (secondary N) is 4. The smallest absolute Gasteiger partial charge is 0.337 e. The molecule has 0 radical (unpaired) electrons. The molecule has 48 heavy (non-hydrogen) atoms. The Hall–Kier alpha value is -5.60. The average molecular weight is 681 g/mol. The molecule has 0 aliphatic carbocycles. The molecule has 0 spiro atoms. The summed E-state index contributed by atoms with van der Waals surface area (Å²) in [5.74, 6) is -3.41. The first-order chi connectivity index (χ1) is 23.0. The molecule has 12 nitrogen and oxygen atoms in total. The fourth-order valence-electron chi connectivity index (χ4n) is 5.00. The van der Waals surface area contributed by atoms with Gasteiger partial charge in [0.05, 0.1) is 56.1 Å². The second kappa shape index (κ2) is 13.6. The zero-order chi connectivity index (χ0) is 33.9. The number of nitrogens with zero attached hydrogens (tertiary/aromatic N) is 2. The first kappa shape index (κ1) is 32.3. The fourth-order valence-corrected chi connectivity index (χ4v) is 6.37. The largest absolute Gasteiger partial charge is 0.478 e. The third kappa shape index (κ3) is 7.35. The van der Waals surface area contributed by atoms with Gasteiger partial charge in [-0.3, -0.25) is 9.59 Å². The van der Waals surface area contributed by atoms with Crippen molar-refractivity contribution in [2.45, 2.75) is 24.2 Å². The Balaban J connectivity index is 1.12. The third-order valence-electron chi connectivity index (χ3n) is 7.29. The molecule has 0 bridgehead atoms. The maximum atomic E-state index is 12.7. The van der Waals surface area contributed by atoms with E-state index >= 15 is 0 Å². The van der Waals surface area contributed by atoms with E-state index in [0.29, 0.717) is 21.4 Å². The van der Waals surface area contributed by atoms with E-state index in [1.54, 1.807) is 12.1 Å². The molecule has 0 fully saturated rings. The Morgan fingerprint density at radius 2 is 1.04 bits per heavy atom. The second-order valence-electron chi connectivity index (χ2n) is 10.9. The third-order valence-corrected chi connectivity index (χ3v) is 9.04. The lowest BCUT2D eigenvalue weighted by Crippen LogP contribution is -2.17. The summed E-state index contributed by atoms with van der Waals surface area (Å²) in [5.41, 5.74) is 6.10. The van der Waals surface area contributed by atoms with Crippen LogP contribution in [0.15, 0.2) is 83.1 Å². The highest BCUT2D eigenvalue weighted by atomic mass is 32.2. The number of thioether (sulfide) groups is 2. The van der Waals surface area contributed by atoms with Crippen LogP contribution in [0.5, 0.6) is 0 Å². The molecule has 4 aromatic carbocycles. The first-order valence-electron chi connectivity index (χ1n) is 14.6. The van der Waals surface area contributed by atoms with Crippen LogP contribution in [-0.4, -0.2) is 65.4 Å². The minimum atomic E-state index is -1.27. The lowest BCUT2D eigenvalue weighted by atomic mass is 9.99. The van der Waals surface area contributed by atoms with Crippen LogP contribution in [-0.2, 0) is 9.59 Å². The van der Waals surface area contributed by atoms with Crippen LogP contribution in [0.1, 0.15) is 31.8 Å². The monoisotopic (exact) mass is 680 g/mol. The number of fused-ring (bicyclic) bond motifs is 2. The fraction of sp³-hybridized carbons (Fsp3) is 0.118. The van der Waals surface area contributed by atoms with Gasteiger partial charge in [-0.05, 0) is 84.6 Å². The van der Waals surface area contributed by atoms with E-state index in [1.165, 1.54) is 47.8 Å². The van der Waals surface area contributed by atoms with Crippen LogP contribution in [0.3, 0.4) is 0 Å². The number of aromatic nitrogens is 4.